The molecular formula is C22H31F3N4O. The maximum absolute atomic E-state index is 13.5. The summed E-state index contributed by atoms with van der Waals surface area (Å²) in [5.74, 6) is -0.592. The Morgan fingerprint density at radius 3 is 2.30 bits per heavy atom. The molecule has 5 nitrogen and oxygen atoms in total. The van der Waals surface area contributed by atoms with Crippen molar-refractivity contribution in [3.8, 4) is 0 Å². The average molecular weight is 425 g/mol. The molecule has 0 saturated carbocycles. The van der Waals surface area contributed by atoms with E-state index in [-0.39, 0.29) is 23.9 Å². The molecule has 2 heterocycles. The molecule has 1 aromatic heterocycles. The number of para-hydroxylation sites is 2. The number of likely N-dealkylation sites (tertiary alicyclic amines) is 1. The minimum Gasteiger partial charge on any atom is -0.337 e. The van der Waals surface area contributed by atoms with Crippen molar-refractivity contribution in [1.82, 2.24) is 19.4 Å². The molecular weight excluding hydrogens is 393 g/mol. The fourth-order valence-corrected chi connectivity index (χ4v) is 4.51. The minimum absolute atomic E-state index is 0.110. The van der Waals surface area contributed by atoms with Gasteiger partial charge in [0.2, 0.25) is 11.7 Å². The van der Waals surface area contributed by atoms with Gasteiger partial charge in [0.25, 0.3) is 0 Å². The van der Waals surface area contributed by atoms with Gasteiger partial charge in [-0.3, -0.25) is 9.69 Å². The van der Waals surface area contributed by atoms with Gasteiger partial charge in [-0.05, 0) is 71.7 Å². The predicted octanol–water partition coefficient (Wildman–Crippen LogP) is 4.41. The molecule has 0 radical (unpaired) electrons. The first-order chi connectivity index (χ1) is 14.1. The maximum Gasteiger partial charge on any atom is 0.449 e. The van der Waals surface area contributed by atoms with E-state index >= 15 is 0 Å². The number of alkyl halides is 3. The number of piperidine rings is 1. The van der Waals surface area contributed by atoms with E-state index in [1.165, 1.54) is 4.57 Å². The van der Waals surface area contributed by atoms with Gasteiger partial charge in [-0.2, -0.15) is 13.2 Å². The Morgan fingerprint density at radius 2 is 1.73 bits per heavy atom. The minimum atomic E-state index is -4.48. The second-order valence-corrected chi connectivity index (χ2v) is 8.74. The van der Waals surface area contributed by atoms with E-state index in [4.69, 9.17) is 0 Å². The van der Waals surface area contributed by atoms with Crippen LogP contribution in [0.5, 0.6) is 0 Å². The van der Waals surface area contributed by atoms with Gasteiger partial charge in [-0.25, -0.2) is 4.98 Å². The number of fused-ring (bicyclic) bond motifs is 1. The lowest BCUT2D eigenvalue weighted by Crippen LogP contribution is -2.48. The van der Waals surface area contributed by atoms with E-state index in [1.54, 1.807) is 24.3 Å². The smallest absolute Gasteiger partial charge is 0.337 e. The SMILES string of the molecule is CC(C)N(C(=O)CN1CCC(Cn2c(C(F)(F)F)nc3ccccc32)CC1)C(C)C. The van der Waals surface area contributed by atoms with E-state index < -0.39 is 12.0 Å². The molecule has 0 aliphatic carbocycles. The van der Waals surface area contributed by atoms with Gasteiger partial charge in [-0.15, -0.1) is 0 Å². The van der Waals surface area contributed by atoms with Crippen LogP contribution in [-0.4, -0.2) is 57.0 Å². The number of imidazole rings is 1. The molecule has 3 rings (SSSR count). The largest absolute Gasteiger partial charge is 0.449 e. The standard InChI is InChI=1S/C22H31F3N4O/c1-15(2)29(16(3)4)20(30)14-27-11-9-17(10-12-27)13-28-19-8-6-5-7-18(19)26-21(28)22(23,24)25/h5-8,15-17H,9-14H2,1-4H3. The third kappa shape index (κ3) is 4.96. The summed E-state index contributed by atoms with van der Waals surface area (Å²) in [5, 5.41) is 0. The second-order valence-electron chi connectivity index (χ2n) is 8.74. The van der Waals surface area contributed by atoms with Crippen molar-refractivity contribution in [2.24, 2.45) is 5.92 Å². The van der Waals surface area contributed by atoms with E-state index in [2.05, 4.69) is 9.88 Å². The van der Waals surface area contributed by atoms with Gasteiger partial charge >= 0.3 is 6.18 Å². The summed E-state index contributed by atoms with van der Waals surface area (Å²) in [7, 11) is 0. The summed E-state index contributed by atoms with van der Waals surface area (Å²) in [5.41, 5.74) is 0.891. The number of hydrogen-bond donors (Lipinski definition) is 0. The summed E-state index contributed by atoms with van der Waals surface area (Å²) in [6.07, 6.45) is -2.95. The van der Waals surface area contributed by atoms with Gasteiger partial charge in [-0.1, -0.05) is 12.1 Å². The number of rotatable bonds is 6. The van der Waals surface area contributed by atoms with E-state index in [0.717, 1.165) is 12.8 Å². The van der Waals surface area contributed by atoms with Crippen LogP contribution in [0, 0.1) is 5.92 Å². The molecule has 0 N–H and O–H groups in total. The fourth-order valence-electron chi connectivity index (χ4n) is 4.51. The van der Waals surface area contributed by atoms with Crippen LogP contribution >= 0.6 is 0 Å². The first-order valence-electron chi connectivity index (χ1n) is 10.6. The summed E-state index contributed by atoms with van der Waals surface area (Å²) in [6.45, 7) is 10.1. The molecule has 166 valence electrons. The van der Waals surface area contributed by atoms with Crippen molar-refractivity contribution < 1.29 is 18.0 Å². The molecule has 0 atom stereocenters. The maximum atomic E-state index is 13.5. The second kappa shape index (κ2) is 8.96. The van der Waals surface area contributed by atoms with Crippen molar-refractivity contribution in [1.29, 1.82) is 0 Å². The summed E-state index contributed by atoms with van der Waals surface area (Å²) in [4.78, 5) is 20.5. The van der Waals surface area contributed by atoms with Crippen LogP contribution < -0.4 is 0 Å². The summed E-state index contributed by atoms with van der Waals surface area (Å²) in [6, 6.07) is 7.04. The van der Waals surface area contributed by atoms with E-state index in [0.29, 0.717) is 37.2 Å². The lowest BCUT2D eigenvalue weighted by atomic mass is 9.96. The monoisotopic (exact) mass is 424 g/mol. The Bertz CT molecular complexity index is 859. The quantitative estimate of drug-likeness (QED) is 0.690. The topological polar surface area (TPSA) is 41.4 Å². The van der Waals surface area contributed by atoms with Crippen LogP contribution in [0.4, 0.5) is 13.2 Å². The van der Waals surface area contributed by atoms with Crippen LogP contribution in [0.15, 0.2) is 24.3 Å². The van der Waals surface area contributed by atoms with Gasteiger partial charge in [0.05, 0.1) is 17.6 Å². The van der Waals surface area contributed by atoms with Crippen LogP contribution in [0.2, 0.25) is 0 Å². The molecule has 0 unspecified atom stereocenters. The predicted molar refractivity (Wildman–Crippen MR) is 111 cm³/mol. The van der Waals surface area contributed by atoms with Crippen LogP contribution in [0.1, 0.15) is 46.4 Å². The van der Waals surface area contributed by atoms with Crippen molar-refractivity contribution >= 4 is 16.9 Å². The Labute approximate surface area is 175 Å². The Morgan fingerprint density at radius 1 is 1.13 bits per heavy atom. The molecule has 1 fully saturated rings. The first-order valence-corrected chi connectivity index (χ1v) is 10.6. The number of aromatic nitrogens is 2. The number of benzene rings is 1. The van der Waals surface area contributed by atoms with Crippen molar-refractivity contribution in [3.63, 3.8) is 0 Å². The average Bonchev–Trinajstić information content (AvgIpc) is 3.02. The number of amides is 1. The van der Waals surface area contributed by atoms with Crippen molar-refractivity contribution in [2.45, 2.75) is 65.3 Å². The molecule has 0 bridgehead atoms. The normalized spacial score (nSPS) is 16.7. The highest BCUT2D eigenvalue weighted by Crippen LogP contribution is 2.33. The van der Waals surface area contributed by atoms with Crippen LogP contribution in [-0.2, 0) is 17.5 Å². The molecule has 1 saturated heterocycles. The molecule has 1 amide bonds. The molecule has 1 aliphatic rings. The van der Waals surface area contributed by atoms with E-state index in [1.807, 2.05) is 32.6 Å². The number of nitrogens with zero attached hydrogens (tertiary/aromatic N) is 4. The van der Waals surface area contributed by atoms with Crippen LogP contribution in [0.3, 0.4) is 0 Å². The van der Waals surface area contributed by atoms with E-state index in [9.17, 15) is 18.0 Å². The molecule has 8 heteroatoms. The third-order valence-electron chi connectivity index (χ3n) is 5.82. The Balaban J connectivity index is 1.65. The van der Waals surface area contributed by atoms with Gasteiger partial charge in [0, 0.05) is 18.6 Å². The van der Waals surface area contributed by atoms with Crippen LogP contribution in [0.25, 0.3) is 11.0 Å². The van der Waals surface area contributed by atoms with Gasteiger partial charge in [0.15, 0.2) is 0 Å². The number of hydrogen-bond acceptors (Lipinski definition) is 3. The lowest BCUT2D eigenvalue weighted by Gasteiger charge is -2.36. The zero-order valence-electron chi connectivity index (χ0n) is 18.1. The molecule has 0 spiro atoms. The third-order valence-corrected chi connectivity index (χ3v) is 5.82. The van der Waals surface area contributed by atoms with Gasteiger partial charge < -0.3 is 9.47 Å². The lowest BCUT2D eigenvalue weighted by molar-refractivity contribution is -0.147. The fraction of sp³-hybridized carbons (Fsp3) is 0.636. The molecule has 1 aliphatic heterocycles. The summed E-state index contributed by atoms with van der Waals surface area (Å²) >= 11 is 0. The first kappa shape index (κ1) is 22.6. The highest BCUT2D eigenvalue weighted by molar-refractivity contribution is 5.79. The number of carbonyl (C=O) groups excluding carboxylic acids is 1. The highest BCUT2D eigenvalue weighted by Gasteiger charge is 2.38. The van der Waals surface area contributed by atoms with Crippen molar-refractivity contribution in [2.75, 3.05) is 19.6 Å². The molecule has 1 aromatic carbocycles. The Hall–Kier alpha value is -2.09. The number of halogens is 3. The zero-order chi connectivity index (χ0) is 22.1. The number of carbonyl (C=O) groups is 1. The molecule has 2 aromatic rings. The van der Waals surface area contributed by atoms with Gasteiger partial charge in [0.1, 0.15) is 0 Å². The molecule has 30 heavy (non-hydrogen) atoms. The zero-order valence-corrected chi connectivity index (χ0v) is 18.1. The van der Waals surface area contributed by atoms with Crippen molar-refractivity contribution in [3.05, 3.63) is 30.1 Å². The highest BCUT2D eigenvalue weighted by atomic mass is 19.4. The summed E-state index contributed by atoms with van der Waals surface area (Å²) < 4.78 is 41.9. The Kier molecular flexibility index (Phi) is 6.75.